The van der Waals surface area contributed by atoms with Gasteiger partial charge < -0.3 is 15.3 Å². The molecule has 1 aliphatic rings. The summed E-state index contributed by atoms with van der Waals surface area (Å²) in [5, 5.41) is 11.8. The largest absolute Gasteiger partial charge is 0.481 e. The van der Waals surface area contributed by atoms with Gasteiger partial charge in [-0.3, -0.25) is 14.4 Å². The van der Waals surface area contributed by atoms with E-state index in [9.17, 15) is 14.4 Å². The van der Waals surface area contributed by atoms with Crippen molar-refractivity contribution in [1.29, 1.82) is 0 Å². The van der Waals surface area contributed by atoms with E-state index in [2.05, 4.69) is 5.32 Å². The minimum Gasteiger partial charge on any atom is -0.481 e. The molecule has 0 aromatic heterocycles. The van der Waals surface area contributed by atoms with Crippen LogP contribution in [0.25, 0.3) is 0 Å². The zero-order valence-electron chi connectivity index (χ0n) is 14.0. The first-order valence-electron chi connectivity index (χ1n) is 8.43. The number of carboxylic acids is 1. The number of benzene rings is 1. The van der Waals surface area contributed by atoms with Crippen LogP contribution in [0.4, 0.5) is 5.69 Å². The summed E-state index contributed by atoms with van der Waals surface area (Å²) in [5.41, 5.74) is 1.23. The maximum absolute atomic E-state index is 12.4. The number of carboxylic acid groups (broad SMARTS) is 1. The monoisotopic (exact) mass is 332 g/mol. The highest BCUT2D eigenvalue weighted by Crippen LogP contribution is 2.20. The molecule has 6 nitrogen and oxygen atoms in total. The van der Waals surface area contributed by atoms with Gasteiger partial charge in [-0.25, -0.2) is 0 Å². The second-order valence-electron chi connectivity index (χ2n) is 6.13. The molecule has 6 heteroatoms. The van der Waals surface area contributed by atoms with Crippen LogP contribution >= 0.6 is 0 Å². The van der Waals surface area contributed by atoms with Crippen LogP contribution in [0, 0.1) is 5.92 Å². The van der Waals surface area contributed by atoms with Gasteiger partial charge in [-0.1, -0.05) is 13.3 Å². The molecule has 0 radical (unpaired) electrons. The Morgan fingerprint density at radius 1 is 1.17 bits per heavy atom. The quantitative estimate of drug-likeness (QED) is 0.838. The number of unbranched alkanes of at least 4 members (excludes halogenated alkanes) is 1. The van der Waals surface area contributed by atoms with Crippen molar-refractivity contribution in [2.75, 3.05) is 18.4 Å². The van der Waals surface area contributed by atoms with Crippen molar-refractivity contribution in [3.8, 4) is 0 Å². The first-order valence-corrected chi connectivity index (χ1v) is 8.43. The highest BCUT2D eigenvalue weighted by molar-refractivity contribution is 5.96. The molecule has 0 unspecified atom stereocenters. The normalized spacial score (nSPS) is 15.1. The third kappa shape index (κ3) is 4.81. The number of carbonyl (C=O) groups excluding carboxylic acids is 2. The molecular formula is C18H24N2O4. The van der Waals surface area contributed by atoms with Crippen LogP contribution in [0.2, 0.25) is 0 Å². The molecule has 2 N–H and O–H groups in total. The predicted octanol–water partition coefficient (Wildman–Crippen LogP) is 2.75. The fourth-order valence-electron chi connectivity index (χ4n) is 2.77. The smallest absolute Gasteiger partial charge is 0.306 e. The molecule has 24 heavy (non-hydrogen) atoms. The molecule has 130 valence electrons. The maximum Gasteiger partial charge on any atom is 0.306 e. The Morgan fingerprint density at radius 3 is 2.33 bits per heavy atom. The Kier molecular flexibility index (Phi) is 6.35. The number of carbonyl (C=O) groups is 3. The van der Waals surface area contributed by atoms with E-state index in [1.165, 1.54) is 0 Å². The van der Waals surface area contributed by atoms with Crippen molar-refractivity contribution in [1.82, 2.24) is 4.90 Å². The molecule has 1 aromatic rings. The van der Waals surface area contributed by atoms with Gasteiger partial charge in [0, 0.05) is 30.8 Å². The number of nitrogens with zero attached hydrogens (tertiary/aromatic N) is 1. The fraction of sp³-hybridized carbons (Fsp3) is 0.500. The molecule has 1 aliphatic heterocycles. The van der Waals surface area contributed by atoms with Crippen molar-refractivity contribution in [2.45, 2.75) is 39.0 Å². The lowest BCUT2D eigenvalue weighted by molar-refractivity contribution is -0.143. The van der Waals surface area contributed by atoms with Crippen LogP contribution in [0.15, 0.2) is 24.3 Å². The van der Waals surface area contributed by atoms with E-state index in [-0.39, 0.29) is 17.7 Å². The summed E-state index contributed by atoms with van der Waals surface area (Å²) < 4.78 is 0. The molecule has 0 bridgehead atoms. The van der Waals surface area contributed by atoms with E-state index in [0.29, 0.717) is 43.6 Å². The van der Waals surface area contributed by atoms with Gasteiger partial charge in [-0.2, -0.15) is 0 Å². The minimum atomic E-state index is -0.787. The van der Waals surface area contributed by atoms with Crippen molar-refractivity contribution in [3.05, 3.63) is 29.8 Å². The standard InChI is InChI=1S/C18H24N2O4/c1-2-3-4-16(21)19-15-7-5-13(6-8-15)17(22)20-11-9-14(10-12-20)18(23)24/h5-8,14H,2-4,9-12H2,1H3,(H,19,21)(H,23,24). The van der Waals surface area contributed by atoms with Gasteiger partial charge in [0.05, 0.1) is 5.92 Å². The van der Waals surface area contributed by atoms with Crippen molar-refractivity contribution >= 4 is 23.5 Å². The van der Waals surface area contributed by atoms with Gasteiger partial charge in [-0.15, -0.1) is 0 Å². The second-order valence-corrected chi connectivity index (χ2v) is 6.13. The van der Waals surface area contributed by atoms with Gasteiger partial charge in [-0.05, 0) is 43.5 Å². The Balaban J connectivity index is 1.89. The summed E-state index contributed by atoms with van der Waals surface area (Å²) in [7, 11) is 0. The first-order chi connectivity index (χ1) is 11.5. The second kappa shape index (κ2) is 8.47. The van der Waals surface area contributed by atoms with Crippen molar-refractivity contribution < 1.29 is 19.5 Å². The van der Waals surface area contributed by atoms with E-state index >= 15 is 0 Å². The average molecular weight is 332 g/mol. The third-order valence-electron chi connectivity index (χ3n) is 4.30. The zero-order valence-corrected chi connectivity index (χ0v) is 14.0. The predicted molar refractivity (Wildman–Crippen MR) is 90.9 cm³/mol. The molecule has 1 aromatic carbocycles. The number of hydrogen-bond donors (Lipinski definition) is 2. The van der Waals surface area contributed by atoms with Gasteiger partial charge >= 0.3 is 5.97 Å². The highest BCUT2D eigenvalue weighted by Gasteiger charge is 2.27. The van der Waals surface area contributed by atoms with Crippen LogP contribution in [-0.2, 0) is 9.59 Å². The first kappa shape index (κ1) is 18.0. The van der Waals surface area contributed by atoms with Crippen LogP contribution in [-0.4, -0.2) is 40.9 Å². The summed E-state index contributed by atoms with van der Waals surface area (Å²) in [6.07, 6.45) is 3.31. The third-order valence-corrected chi connectivity index (χ3v) is 4.30. The van der Waals surface area contributed by atoms with Crippen LogP contribution in [0.5, 0.6) is 0 Å². The summed E-state index contributed by atoms with van der Waals surface area (Å²) in [6.45, 7) is 2.96. The van der Waals surface area contributed by atoms with E-state index in [0.717, 1.165) is 12.8 Å². The molecule has 0 spiro atoms. The van der Waals surface area contributed by atoms with E-state index in [4.69, 9.17) is 5.11 Å². The lowest BCUT2D eigenvalue weighted by Crippen LogP contribution is -2.40. The summed E-state index contributed by atoms with van der Waals surface area (Å²) in [5.74, 6) is -1.26. The summed E-state index contributed by atoms with van der Waals surface area (Å²) >= 11 is 0. The topological polar surface area (TPSA) is 86.7 Å². The fourth-order valence-corrected chi connectivity index (χ4v) is 2.77. The summed E-state index contributed by atoms with van der Waals surface area (Å²) in [4.78, 5) is 36.8. The van der Waals surface area contributed by atoms with Crippen LogP contribution in [0.1, 0.15) is 49.4 Å². The molecular weight excluding hydrogens is 308 g/mol. The van der Waals surface area contributed by atoms with Crippen molar-refractivity contribution in [3.63, 3.8) is 0 Å². The molecule has 0 aliphatic carbocycles. The number of piperidine rings is 1. The number of anilines is 1. The van der Waals surface area contributed by atoms with Gasteiger partial charge in [0.15, 0.2) is 0 Å². The lowest BCUT2D eigenvalue weighted by Gasteiger charge is -2.30. The lowest BCUT2D eigenvalue weighted by atomic mass is 9.96. The van der Waals surface area contributed by atoms with Gasteiger partial charge in [0.25, 0.3) is 5.91 Å². The zero-order chi connectivity index (χ0) is 17.5. The molecule has 2 amide bonds. The maximum atomic E-state index is 12.4. The number of nitrogens with one attached hydrogen (secondary N) is 1. The Hall–Kier alpha value is -2.37. The molecule has 1 heterocycles. The van der Waals surface area contributed by atoms with E-state index in [1.54, 1.807) is 29.2 Å². The molecule has 0 saturated carbocycles. The number of hydrogen-bond acceptors (Lipinski definition) is 3. The Labute approximate surface area is 141 Å². The highest BCUT2D eigenvalue weighted by atomic mass is 16.4. The molecule has 1 fully saturated rings. The molecule has 0 atom stereocenters. The number of rotatable bonds is 6. The Bertz CT molecular complexity index is 590. The SMILES string of the molecule is CCCCC(=O)Nc1ccc(C(=O)N2CCC(C(=O)O)CC2)cc1. The van der Waals surface area contributed by atoms with Crippen LogP contribution < -0.4 is 5.32 Å². The van der Waals surface area contributed by atoms with Crippen molar-refractivity contribution in [2.24, 2.45) is 5.92 Å². The number of amides is 2. The van der Waals surface area contributed by atoms with Gasteiger partial charge in [0.1, 0.15) is 0 Å². The molecule has 2 rings (SSSR count). The van der Waals surface area contributed by atoms with E-state index < -0.39 is 5.97 Å². The summed E-state index contributed by atoms with van der Waals surface area (Å²) in [6, 6.07) is 6.84. The van der Waals surface area contributed by atoms with Crippen LogP contribution in [0.3, 0.4) is 0 Å². The van der Waals surface area contributed by atoms with Gasteiger partial charge in [0.2, 0.25) is 5.91 Å². The number of aliphatic carboxylic acids is 1. The average Bonchev–Trinajstić information content (AvgIpc) is 2.60. The van der Waals surface area contributed by atoms with E-state index in [1.807, 2.05) is 6.92 Å². The molecule has 1 saturated heterocycles. The minimum absolute atomic E-state index is 0.0216. The number of likely N-dealkylation sites (tertiary alicyclic amines) is 1. The Morgan fingerprint density at radius 2 is 1.79 bits per heavy atom.